The zero-order valence-corrected chi connectivity index (χ0v) is 20.0. The van der Waals surface area contributed by atoms with Gasteiger partial charge in [-0.1, -0.05) is 29.8 Å². The molecule has 1 atom stereocenters. The average molecular weight is 512 g/mol. The highest BCUT2D eigenvalue weighted by Gasteiger charge is 2.30. The number of fused-ring (bicyclic) bond motifs is 1. The number of aromatic nitrogens is 2. The first-order valence-electron chi connectivity index (χ1n) is 10.9. The van der Waals surface area contributed by atoms with Crippen molar-refractivity contribution in [3.63, 3.8) is 0 Å². The number of para-hydroxylation sites is 1. The van der Waals surface area contributed by atoms with Gasteiger partial charge in [0.15, 0.2) is 5.78 Å². The van der Waals surface area contributed by atoms with Gasteiger partial charge in [-0.15, -0.1) is 0 Å². The number of hydrogen-bond acceptors (Lipinski definition) is 6. The first-order valence-corrected chi connectivity index (χ1v) is 12.8. The van der Waals surface area contributed by atoms with Crippen molar-refractivity contribution in [2.75, 3.05) is 18.4 Å². The second-order valence-electron chi connectivity index (χ2n) is 8.20. The minimum atomic E-state index is -3.75. The van der Waals surface area contributed by atoms with Crippen molar-refractivity contribution in [3.8, 4) is 11.5 Å². The van der Waals surface area contributed by atoms with E-state index in [0.29, 0.717) is 52.3 Å². The van der Waals surface area contributed by atoms with Crippen molar-refractivity contribution < 1.29 is 17.9 Å². The van der Waals surface area contributed by atoms with Crippen LogP contribution in [0, 0.1) is 0 Å². The Morgan fingerprint density at radius 1 is 1.14 bits per heavy atom. The van der Waals surface area contributed by atoms with E-state index < -0.39 is 10.2 Å². The van der Waals surface area contributed by atoms with Crippen molar-refractivity contribution in [2.45, 2.75) is 12.5 Å². The van der Waals surface area contributed by atoms with Crippen LogP contribution in [-0.2, 0) is 10.2 Å². The third-order valence-electron chi connectivity index (χ3n) is 5.85. The molecule has 180 valence electrons. The molecule has 0 radical (unpaired) electrons. The largest absolute Gasteiger partial charge is 0.457 e. The molecule has 4 aromatic rings. The number of aromatic amines is 1. The summed E-state index contributed by atoms with van der Waals surface area (Å²) in [4.78, 5) is 20.8. The molecule has 0 aliphatic carbocycles. The number of carbonyl (C=O) groups is 1. The van der Waals surface area contributed by atoms with Crippen molar-refractivity contribution in [1.82, 2.24) is 14.3 Å². The lowest BCUT2D eigenvalue weighted by atomic mass is 10.0. The fourth-order valence-electron chi connectivity index (χ4n) is 4.17. The van der Waals surface area contributed by atoms with Crippen LogP contribution >= 0.6 is 11.6 Å². The fraction of sp³-hybridized carbons (Fsp3) is 0.167. The number of anilines is 1. The van der Waals surface area contributed by atoms with Gasteiger partial charge in [-0.05, 0) is 36.8 Å². The maximum atomic E-state index is 13.5. The Balaban J connectivity index is 1.42. The summed E-state index contributed by atoms with van der Waals surface area (Å²) in [6.07, 6.45) is 3.80. The highest BCUT2D eigenvalue weighted by Crippen LogP contribution is 2.32. The number of halogens is 1. The van der Waals surface area contributed by atoms with Crippen LogP contribution in [0.15, 0.2) is 67.0 Å². The van der Waals surface area contributed by atoms with Gasteiger partial charge in [-0.2, -0.15) is 12.7 Å². The predicted octanol–water partition coefficient (Wildman–Crippen LogP) is 3.93. The summed E-state index contributed by atoms with van der Waals surface area (Å²) in [5, 5.41) is 9.46. The summed E-state index contributed by atoms with van der Waals surface area (Å²) < 4.78 is 30.3. The molecule has 1 saturated heterocycles. The summed E-state index contributed by atoms with van der Waals surface area (Å²) in [6, 6.07) is 15.8. The standard InChI is InChI=1S/C24H22ClN5O4S/c25-20-12-17(34-16-4-2-1-3-5-16)6-7-18(20)23(31)19-13-28-24-22(19)21(8-10-27-24)29-15-9-11-30(14-15)35(26,32)33/h1-8,10,12-13,15H,9,11,14H2,(H2,26,32,33)(H2,27,28,29). The van der Waals surface area contributed by atoms with Gasteiger partial charge < -0.3 is 15.0 Å². The van der Waals surface area contributed by atoms with E-state index >= 15 is 0 Å². The van der Waals surface area contributed by atoms with Gasteiger partial charge >= 0.3 is 0 Å². The highest BCUT2D eigenvalue weighted by atomic mass is 35.5. The summed E-state index contributed by atoms with van der Waals surface area (Å²) in [7, 11) is -3.75. The van der Waals surface area contributed by atoms with Gasteiger partial charge in [0.25, 0.3) is 10.2 Å². The average Bonchev–Trinajstić information content (AvgIpc) is 3.47. The van der Waals surface area contributed by atoms with Gasteiger partial charge in [0.05, 0.1) is 16.0 Å². The van der Waals surface area contributed by atoms with Crippen LogP contribution in [0.25, 0.3) is 11.0 Å². The number of pyridine rings is 1. The molecule has 4 N–H and O–H groups in total. The van der Waals surface area contributed by atoms with E-state index in [1.807, 2.05) is 30.3 Å². The van der Waals surface area contributed by atoms with Crippen molar-refractivity contribution >= 4 is 44.3 Å². The number of carbonyl (C=O) groups excluding carboxylic acids is 1. The number of nitrogens with two attached hydrogens (primary N) is 1. The number of rotatable bonds is 7. The smallest absolute Gasteiger partial charge is 0.276 e. The maximum Gasteiger partial charge on any atom is 0.276 e. The molecule has 0 amide bonds. The van der Waals surface area contributed by atoms with E-state index in [0.717, 1.165) is 0 Å². The molecule has 1 fully saturated rings. The number of nitrogens with zero attached hydrogens (tertiary/aromatic N) is 2. The topological polar surface area (TPSA) is 130 Å². The second kappa shape index (κ2) is 9.31. The second-order valence-corrected chi connectivity index (χ2v) is 10.2. The number of ketones is 1. The van der Waals surface area contributed by atoms with Gasteiger partial charge in [-0.25, -0.2) is 10.1 Å². The van der Waals surface area contributed by atoms with Gasteiger partial charge in [-0.3, -0.25) is 4.79 Å². The highest BCUT2D eigenvalue weighted by molar-refractivity contribution is 7.86. The van der Waals surface area contributed by atoms with E-state index in [9.17, 15) is 13.2 Å². The zero-order valence-electron chi connectivity index (χ0n) is 18.4. The number of nitrogens with one attached hydrogen (secondary N) is 2. The Morgan fingerprint density at radius 2 is 1.94 bits per heavy atom. The Hall–Kier alpha value is -3.44. The summed E-state index contributed by atoms with van der Waals surface area (Å²) in [5.74, 6) is 0.900. The van der Waals surface area contributed by atoms with Crippen molar-refractivity contribution in [2.24, 2.45) is 5.14 Å². The molecule has 3 heterocycles. The molecule has 35 heavy (non-hydrogen) atoms. The van der Waals surface area contributed by atoms with E-state index in [4.69, 9.17) is 21.5 Å². The Kier molecular flexibility index (Phi) is 6.20. The van der Waals surface area contributed by atoms with Crippen LogP contribution in [0.3, 0.4) is 0 Å². The van der Waals surface area contributed by atoms with Crippen LogP contribution in [0.2, 0.25) is 5.02 Å². The van der Waals surface area contributed by atoms with E-state index in [1.165, 1.54) is 4.31 Å². The molecule has 11 heteroatoms. The Labute approximate surface area is 207 Å². The molecule has 2 aromatic heterocycles. The monoisotopic (exact) mass is 511 g/mol. The lowest BCUT2D eigenvalue weighted by Gasteiger charge is -2.16. The van der Waals surface area contributed by atoms with Crippen molar-refractivity contribution in [3.05, 3.63) is 83.1 Å². The minimum Gasteiger partial charge on any atom is -0.457 e. The number of ether oxygens (including phenoxy) is 1. The summed E-state index contributed by atoms with van der Waals surface area (Å²) in [6.45, 7) is 0.571. The SMILES string of the molecule is NS(=O)(=O)N1CCC(Nc2ccnc3[nH]cc(C(=O)c4ccc(Oc5ccccc5)cc4Cl)c23)C1. The van der Waals surface area contributed by atoms with Crippen LogP contribution < -0.4 is 15.2 Å². The van der Waals surface area contributed by atoms with E-state index in [1.54, 1.807) is 36.7 Å². The van der Waals surface area contributed by atoms with Crippen LogP contribution in [0.5, 0.6) is 11.5 Å². The van der Waals surface area contributed by atoms with Gasteiger partial charge in [0.1, 0.15) is 17.1 Å². The molecule has 1 aliphatic rings. The third kappa shape index (κ3) is 4.87. The minimum absolute atomic E-state index is 0.158. The number of hydrogen-bond donors (Lipinski definition) is 3. The molecular weight excluding hydrogens is 490 g/mol. The molecular formula is C24H22ClN5O4S. The lowest BCUT2D eigenvalue weighted by molar-refractivity contribution is 0.104. The van der Waals surface area contributed by atoms with Gasteiger partial charge in [0, 0.05) is 48.8 Å². The lowest BCUT2D eigenvalue weighted by Crippen LogP contribution is -2.36. The summed E-state index contributed by atoms with van der Waals surface area (Å²) in [5.41, 5.74) is 1.92. The molecule has 9 nitrogen and oxygen atoms in total. The third-order valence-corrected chi connectivity index (χ3v) is 7.22. The van der Waals surface area contributed by atoms with E-state index in [2.05, 4.69) is 15.3 Å². The number of benzene rings is 2. The molecule has 0 spiro atoms. The van der Waals surface area contributed by atoms with Crippen LogP contribution in [0.1, 0.15) is 22.3 Å². The zero-order chi connectivity index (χ0) is 24.6. The van der Waals surface area contributed by atoms with E-state index in [-0.39, 0.29) is 23.4 Å². The first-order chi connectivity index (χ1) is 16.8. The van der Waals surface area contributed by atoms with Gasteiger partial charge in [0.2, 0.25) is 0 Å². The number of H-pyrrole nitrogens is 1. The van der Waals surface area contributed by atoms with Crippen molar-refractivity contribution in [1.29, 1.82) is 0 Å². The Morgan fingerprint density at radius 3 is 2.66 bits per heavy atom. The molecule has 0 saturated carbocycles. The molecule has 1 aliphatic heterocycles. The summed E-state index contributed by atoms with van der Waals surface area (Å²) >= 11 is 6.48. The Bertz CT molecular complexity index is 1510. The molecule has 5 rings (SSSR count). The molecule has 0 bridgehead atoms. The first kappa shape index (κ1) is 23.3. The maximum absolute atomic E-state index is 13.5. The predicted molar refractivity (Wildman–Crippen MR) is 134 cm³/mol. The fourth-order valence-corrected chi connectivity index (χ4v) is 5.17. The van der Waals surface area contributed by atoms with Crippen LogP contribution in [-0.4, -0.2) is 47.6 Å². The quantitative estimate of drug-likeness (QED) is 0.322. The van der Waals surface area contributed by atoms with Crippen LogP contribution in [0.4, 0.5) is 5.69 Å². The molecule has 1 unspecified atom stereocenters. The normalized spacial score (nSPS) is 16.5. The molecule has 2 aromatic carbocycles.